The summed E-state index contributed by atoms with van der Waals surface area (Å²) < 4.78 is 5.30. The molecule has 1 heterocycles. The van der Waals surface area contributed by atoms with Gasteiger partial charge in [0.05, 0.1) is 6.54 Å². The molecule has 1 fully saturated rings. The Morgan fingerprint density at radius 1 is 1.21 bits per heavy atom. The fourth-order valence-electron chi connectivity index (χ4n) is 2.24. The summed E-state index contributed by atoms with van der Waals surface area (Å²) in [6, 6.07) is 11.2. The molecule has 1 aliphatic carbocycles. The molecule has 0 amide bonds. The monoisotopic (exact) mass is 257 g/mol. The zero-order valence-electron chi connectivity index (χ0n) is 11.2. The largest absolute Gasteiger partial charge is 0.338 e. The molecule has 0 saturated heterocycles. The first-order chi connectivity index (χ1) is 9.35. The molecule has 1 aliphatic rings. The van der Waals surface area contributed by atoms with Gasteiger partial charge in [0.15, 0.2) is 5.82 Å². The third kappa shape index (κ3) is 3.20. The van der Waals surface area contributed by atoms with Gasteiger partial charge in [-0.05, 0) is 18.4 Å². The van der Waals surface area contributed by atoms with Gasteiger partial charge in [0.1, 0.15) is 0 Å². The van der Waals surface area contributed by atoms with Crippen molar-refractivity contribution in [1.82, 2.24) is 15.0 Å². The van der Waals surface area contributed by atoms with Gasteiger partial charge in [-0.2, -0.15) is 4.98 Å². The van der Waals surface area contributed by atoms with Crippen LogP contribution in [-0.2, 0) is 19.5 Å². The number of hydrogen-bond acceptors (Lipinski definition) is 4. The van der Waals surface area contributed by atoms with Crippen LogP contribution >= 0.6 is 0 Å². The molecule has 1 saturated carbocycles. The zero-order valence-corrected chi connectivity index (χ0v) is 11.2. The molecule has 0 N–H and O–H groups in total. The summed E-state index contributed by atoms with van der Waals surface area (Å²) in [6.07, 6.45) is 3.38. The maximum atomic E-state index is 5.30. The topological polar surface area (TPSA) is 42.2 Å². The number of rotatable bonds is 6. The van der Waals surface area contributed by atoms with Gasteiger partial charge in [-0.25, -0.2) is 0 Å². The lowest BCUT2D eigenvalue weighted by molar-refractivity contribution is 0.209. The predicted molar refractivity (Wildman–Crippen MR) is 72.4 cm³/mol. The Balaban J connectivity index is 1.67. The second-order valence-electron chi connectivity index (χ2n) is 5.08. The Morgan fingerprint density at radius 2 is 2.00 bits per heavy atom. The molecule has 4 nitrogen and oxygen atoms in total. The molecule has 0 aliphatic heterocycles. The van der Waals surface area contributed by atoms with E-state index in [0.29, 0.717) is 6.04 Å². The number of hydrogen-bond donors (Lipinski definition) is 0. The van der Waals surface area contributed by atoms with Crippen molar-refractivity contribution in [3.05, 3.63) is 47.6 Å². The third-order valence-corrected chi connectivity index (χ3v) is 3.46. The van der Waals surface area contributed by atoms with E-state index in [0.717, 1.165) is 31.2 Å². The van der Waals surface area contributed by atoms with Gasteiger partial charge in [-0.3, -0.25) is 4.90 Å². The first-order valence-electron chi connectivity index (χ1n) is 6.94. The molecule has 19 heavy (non-hydrogen) atoms. The van der Waals surface area contributed by atoms with Gasteiger partial charge in [-0.1, -0.05) is 42.4 Å². The van der Waals surface area contributed by atoms with Crippen LogP contribution in [0.1, 0.15) is 37.0 Å². The molecular weight excluding hydrogens is 238 g/mol. The Hall–Kier alpha value is -1.68. The predicted octanol–water partition coefficient (Wildman–Crippen LogP) is 2.80. The summed E-state index contributed by atoms with van der Waals surface area (Å²) >= 11 is 0. The van der Waals surface area contributed by atoms with Crippen molar-refractivity contribution in [3.8, 4) is 0 Å². The SMILES string of the molecule is CCc1noc(CN(Cc2ccccc2)C2CC2)n1. The lowest BCUT2D eigenvalue weighted by Gasteiger charge is -2.19. The first kappa shape index (κ1) is 12.4. The van der Waals surface area contributed by atoms with E-state index >= 15 is 0 Å². The van der Waals surface area contributed by atoms with E-state index in [1.807, 2.05) is 6.92 Å². The fraction of sp³-hybridized carbons (Fsp3) is 0.467. The second kappa shape index (κ2) is 5.53. The molecule has 4 heteroatoms. The highest BCUT2D eigenvalue weighted by Gasteiger charge is 2.30. The Labute approximate surface area is 113 Å². The smallest absolute Gasteiger partial charge is 0.240 e. The summed E-state index contributed by atoms with van der Waals surface area (Å²) in [6.45, 7) is 3.75. The zero-order chi connectivity index (χ0) is 13.1. The Kier molecular flexibility index (Phi) is 3.60. The third-order valence-electron chi connectivity index (χ3n) is 3.46. The van der Waals surface area contributed by atoms with Gasteiger partial charge >= 0.3 is 0 Å². The molecule has 0 radical (unpaired) electrons. The highest BCUT2D eigenvalue weighted by molar-refractivity contribution is 5.15. The molecule has 2 aromatic rings. The van der Waals surface area contributed by atoms with Crippen molar-refractivity contribution in [2.45, 2.75) is 45.3 Å². The van der Waals surface area contributed by atoms with Crippen molar-refractivity contribution in [2.24, 2.45) is 0 Å². The van der Waals surface area contributed by atoms with Crippen LogP contribution in [0.5, 0.6) is 0 Å². The maximum Gasteiger partial charge on any atom is 0.240 e. The van der Waals surface area contributed by atoms with Crippen molar-refractivity contribution < 1.29 is 4.52 Å². The van der Waals surface area contributed by atoms with E-state index in [4.69, 9.17) is 4.52 Å². The number of nitrogens with zero attached hydrogens (tertiary/aromatic N) is 3. The lowest BCUT2D eigenvalue weighted by atomic mass is 10.2. The van der Waals surface area contributed by atoms with Crippen molar-refractivity contribution in [2.75, 3.05) is 0 Å². The van der Waals surface area contributed by atoms with Crippen LogP contribution in [0.2, 0.25) is 0 Å². The van der Waals surface area contributed by atoms with Gasteiger partial charge in [0.2, 0.25) is 5.89 Å². The summed E-state index contributed by atoms with van der Waals surface area (Å²) in [5.41, 5.74) is 1.34. The van der Waals surface area contributed by atoms with Gasteiger partial charge in [-0.15, -0.1) is 0 Å². The van der Waals surface area contributed by atoms with Gasteiger partial charge in [0, 0.05) is 19.0 Å². The quantitative estimate of drug-likeness (QED) is 0.798. The standard InChI is InChI=1S/C15H19N3O/c1-2-14-16-15(19-17-14)11-18(13-8-9-13)10-12-6-4-3-5-7-12/h3-7,13H,2,8-11H2,1H3. The molecule has 0 bridgehead atoms. The van der Waals surface area contributed by atoms with Crippen LogP contribution in [-0.4, -0.2) is 21.1 Å². The molecule has 0 atom stereocenters. The highest BCUT2D eigenvalue weighted by Crippen LogP contribution is 2.29. The van der Waals surface area contributed by atoms with Crippen LogP contribution in [0.4, 0.5) is 0 Å². The van der Waals surface area contributed by atoms with Crippen molar-refractivity contribution in [1.29, 1.82) is 0 Å². The lowest BCUT2D eigenvalue weighted by Crippen LogP contribution is -2.25. The highest BCUT2D eigenvalue weighted by atomic mass is 16.5. The van der Waals surface area contributed by atoms with E-state index in [9.17, 15) is 0 Å². The van der Waals surface area contributed by atoms with Crippen LogP contribution < -0.4 is 0 Å². The number of aromatic nitrogens is 2. The normalized spacial score (nSPS) is 15.1. The molecule has 1 aromatic carbocycles. The average Bonchev–Trinajstić information content (AvgIpc) is 3.20. The second-order valence-corrected chi connectivity index (χ2v) is 5.08. The van der Waals surface area contributed by atoms with Gasteiger partial charge < -0.3 is 4.52 Å². The van der Waals surface area contributed by atoms with E-state index in [-0.39, 0.29) is 0 Å². The number of benzene rings is 1. The van der Waals surface area contributed by atoms with Crippen LogP contribution in [0.15, 0.2) is 34.9 Å². The molecule has 100 valence electrons. The van der Waals surface area contributed by atoms with Crippen molar-refractivity contribution in [3.63, 3.8) is 0 Å². The summed E-state index contributed by atoms with van der Waals surface area (Å²) in [7, 11) is 0. The maximum absolute atomic E-state index is 5.30. The minimum absolute atomic E-state index is 0.678. The van der Waals surface area contributed by atoms with Crippen LogP contribution in [0, 0.1) is 0 Å². The van der Waals surface area contributed by atoms with Crippen LogP contribution in [0.25, 0.3) is 0 Å². The summed E-state index contributed by atoms with van der Waals surface area (Å²) in [5.74, 6) is 1.53. The van der Waals surface area contributed by atoms with Crippen molar-refractivity contribution >= 4 is 0 Å². The summed E-state index contributed by atoms with van der Waals surface area (Å²) in [5, 5.41) is 3.96. The van der Waals surface area contributed by atoms with E-state index in [1.165, 1.54) is 18.4 Å². The minimum Gasteiger partial charge on any atom is -0.338 e. The van der Waals surface area contributed by atoms with Crippen LogP contribution in [0.3, 0.4) is 0 Å². The first-order valence-corrected chi connectivity index (χ1v) is 6.94. The number of aryl methyl sites for hydroxylation is 1. The van der Waals surface area contributed by atoms with E-state index in [1.54, 1.807) is 0 Å². The molecule has 0 spiro atoms. The minimum atomic E-state index is 0.678. The van der Waals surface area contributed by atoms with Gasteiger partial charge in [0.25, 0.3) is 0 Å². The molecule has 1 aromatic heterocycles. The van der Waals surface area contributed by atoms with E-state index in [2.05, 4.69) is 45.4 Å². The molecular formula is C15H19N3O. The molecule has 0 unspecified atom stereocenters. The molecule has 3 rings (SSSR count). The summed E-state index contributed by atoms with van der Waals surface area (Å²) in [4.78, 5) is 6.83. The Bertz CT molecular complexity index is 519. The average molecular weight is 257 g/mol. The van der Waals surface area contributed by atoms with E-state index < -0.39 is 0 Å². The fourth-order valence-corrected chi connectivity index (χ4v) is 2.24. The Morgan fingerprint density at radius 3 is 2.63 bits per heavy atom.